The van der Waals surface area contributed by atoms with E-state index in [0.717, 1.165) is 27.5 Å². The SMILES string of the molecule is [C-]#[N+]/C(=C\c1ccc(N(c2ccc(I)cc2)c2ccc(I)cc2)cc1)c1cccs1. The Morgan fingerprint density at radius 1 is 0.767 bits per heavy atom. The molecule has 4 rings (SSSR count). The minimum atomic E-state index is 0.671. The van der Waals surface area contributed by atoms with Crippen LogP contribution < -0.4 is 4.90 Å². The molecule has 0 bridgehead atoms. The van der Waals surface area contributed by atoms with Crippen LogP contribution in [0.5, 0.6) is 0 Å². The predicted molar refractivity (Wildman–Crippen MR) is 145 cm³/mol. The zero-order valence-corrected chi connectivity index (χ0v) is 20.9. The van der Waals surface area contributed by atoms with Gasteiger partial charge in [0.15, 0.2) is 0 Å². The summed E-state index contributed by atoms with van der Waals surface area (Å²) in [4.78, 5) is 6.94. The molecule has 1 aromatic heterocycles. The summed E-state index contributed by atoms with van der Waals surface area (Å²) in [7, 11) is 0. The van der Waals surface area contributed by atoms with Crippen LogP contribution in [0.4, 0.5) is 17.1 Å². The third-order valence-corrected chi connectivity index (χ3v) is 6.85. The van der Waals surface area contributed by atoms with Crippen LogP contribution in [0.15, 0.2) is 90.3 Å². The van der Waals surface area contributed by atoms with Crippen molar-refractivity contribution < 1.29 is 0 Å². The Hall–Kier alpha value is -2.15. The smallest absolute Gasteiger partial charge is 0.204 e. The molecule has 0 unspecified atom stereocenters. The third-order valence-electron chi connectivity index (χ3n) is 4.52. The molecule has 0 fully saturated rings. The highest BCUT2D eigenvalue weighted by Gasteiger charge is 2.12. The van der Waals surface area contributed by atoms with Gasteiger partial charge in [0, 0.05) is 29.1 Å². The lowest BCUT2D eigenvalue weighted by Crippen LogP contribution is -2.09. The van der Waals surface area contributed by atoms with Gasteiger partial charge in [0.05, 0.1) is 6.57 Å². The zero-order chi connectivity index (χ0) is 20.9. The van der Waals surface area contributed by atoms with Crippen LogP contribution in [0.3, 0.4) is 0 Å². The van der Waals surface area contributed by atoms with Gasteiger partial charge >= 0.3 is 0 Å². The number of thiophene rings is 1. The Kier molecular flexibility index (Phi) is 6.87. The van der Waals surface area contributed by atoms with Gasteiger partial charge in [-0.15, -0.1) is 0 Å². The van der Waals surface area contributed by atoms with Crippen molar-refractivity contribution in [2.45, 2.75) is 0 Å². The standard InChI is InChI=1S/C25H16I2N2S/c1-28-24(25-3-2-16-30-25)17-18-4-10-21(11-5-18)29(22-12-6-19(26)7-13-22)23-14-8-20(27)9-15-23/h2-17H/b24-17-. The third kappa shape index (κ3) is 4.94. The summed E-state index contributed by atoms with van der Waals surface area (Å²) < 4.78 is 2.42. The van der Waals surface area contributed by atoms with E-state index >= 15 is 0 Å². The van der Waals surface area contributed by atoms with Crippen LogP contribution in [0.1, 0.15) is 10.4 Å². The molecule has 0 spiro atoms. The maximum Gasteiger partial charge on any atom is 0.204 e. The Labute approximate surface area is 208 Å². The quantitative estimate of drug-likeness (QED) is 0.158. The topological polar surface area (TPSA) is 7.60 Å². The number of nitrogens with zero attached hydrogens (tertiary/aromatic N) is 2. The van der Waals surface area contributed by atoms with Gasteiger partial charge < -0.3 is 4.90 Å². The lowest BCUT2D eigenvalue weighted by atomic mass is 10.1. The van der Waals surface area contributed by atoms with Crippen molar-refractivity contribution in [1.82, 2.24) is 0 Å². The monoisotopic (exact) mass is 630 g/mol. The van der Waals surface area contributed by atoms with E-state index in [-0.39, 0.29) is 0 Å². The molecule has 5 heteroatoms. The predicted octanol–water partition coefficient (Wildman–Crippen LogP) is 8.84. The van der Waals surface area contributed by atoms with E-state index in [0.29, 0.717) is 5.70 Å². The van der Waals surface area contributed by atoms with Crippen LogP contribution in [0.2, 0.25) is 0 Å². The normalized spacial score (nSPS) is 11.2. The summed E-state index contributed by atoms with van der Waals surface area (Å²) >= 11 is 6.24. The molecule has 4 aromatic rings. The molecule has 0 N–H and O–H groups in total. The highest BCUT2D eigenvalue weighted by molar-refractivity contribution is 14.1. The van der Waals surface area contributed by atoms with Crippen LogP contribution in [0, 0.1) is 13.7 Å². The van der Waals surface area contributed by atoms with Gasteiger partial charge in [-0.1, -0.05) is 24.3 Å². The first-order chi connectivity index (χ1) is 14.6. The molecule has 3 aromatic carbocycles. The Morgan fingerprint density at radius 3 is 1.70 bits per heavy atom. The second-order valence-corrected chi connectivity index (χ2v) is 9.94. The summed E-state index contributed by atoms with van der Waals surface area (Å²) in [6.45, 7) is 7.51. The van der Waals surface area contributed by atoms with Crippen molar-refractivity contribution in [3.63, 3.8) is 0 Å². The molecular formula is C25H16I2N2S. The van der Waals surface area contributed by atoms with E-state index in [2.05, 4.69) is 128 Å². The molecule has 0 atom stereocenters. The van der Waals surface area contributed by atoms with E-state index in [9.17, 15) is 0 Å². The Bertz CT molecular complexity index is 1140. The number of hydrogen-bond acceptors (Lipinski definition) is 2. The molecule has 30 heavy (non-hydrogen) atoms. The van der Waals surface area contributed by atoms with Crippen molar-refractivity contribution in [3.05, 3.63) is 119 Å². The minimum Gasteiger partial charge on any atom is -0.311 e. The molecule has 0 aliphatic rings. The highest BCUT2D eigenvalue weighted by atomic mass is 127. The van der Waals surface area contributed by atoms with Crippen LogP contribution in [-0.2, 0) is 0 Å². The summed E-state index contributed by atoms with van der Waals surface area (Å²) in [5, 5.41) is 2.00. The van der Waals surface area contributed by atoms with Gasteiger partial charge in [0.25, 0.3) is 0 Å². The van der Waals surface area contributed by atoms with Crippen molar-refractivity contribution in [1.29, 1.82) is 0 Å². The highest BCUT2D eigenvalue weighted by Crippen LogP contribution is 2.35. The summed E-state index contributed by atoms with van der Waals surface area (Å²) in [5.74, 6) is 0. The van der Waals surface area contributed by atoms with Crippen molar-refractivity contribution in [2.24, 2.45) is 0 Å². The van der Waals surface area contributed by atoms with Gasteiger partial charge in [-0.05, 0) is 123 Å². The molecule has 146 valence electrons. The molecule has 0 aliphatic carbocycles. The zero-order valence-electron chi connectivity index (χ0n) is 15.8. The van der Waals surface area contributed by atoms with Gasteiger partial charge in [-0.3, -0.25) is 0 Å². The van der Waals surface area contributed by atoms with Gasteiger partial charge in [0.2, 0.25) is 5.70 Å². The molecule has 1 heterocycles. The Balaban J connectivity index is 1.72. The van der Waals surface area contributed by atoms with Crippen molar-refractivity contribution in [3.8, 4) is 0 Å². The van der Waals surface area contributed by atoms with Gasteiger partial charge in [-0.25, -0.2) is 4.85 Å². The van der Waals surface area contributed by atoms with Crippen molar-refractivity contribution >= 4 is 85.4 Å². The fourth-order valence-corrected chi connectivity index (χ4v) is 4.49. The van der Waals surface area contributed by atoms with Crippen LogP contribution in [-0.4, -0.2) is 0 Å². The molecule has 0 amide bonds. The fourth-order valence-electron chi connectivity index (χ4n) is 3.09. The van der Waals surface area contributed by atoms with Gasteiger partial charge in [-0.2, -0.15) is 11.3 Å². The second-order valence-electron chi connectivity index (χ2n) is 6.50. The van der Waals surface area contributed by atoms with E-state index < -0.39 is 0 Å². The lowest BCUT2D eigenvalue weighted by molar-refractivity contribution is 1.28. The van der Waals surface area contributed by atoms with E-state index in [1.807, 2.05) is 23.6 Å². The van der Waals surface area contributed by atoms with E-state index in [1.54, 1.807) is 11.3 Å². The first-order valence-corrected chi connectivity index (χ1v) is 12.2. The average molecular weight is 630 g/mol. The van der Waals surface area contributed by atoms with E-state index in [4.69, 9.17) is 6.57 Å². The average Bonchev–Trinajstić information content (AvgIpc) is 3.31. The molecule has 2 nitrogen and oxygen atoms in total. The minimum absolute atomic E-state index is 0.671. The maximum atomic E-state index is 7.51. The fraction of sp³-hybridized carbons (Fsp3) is 0. The molecular weight excluding hydrogens is 614 g/mol. The first kappa shape index (κ1) is 21.1. The first-order valence-electron chi connectivity index (χ1n) is 9.18. The molecule has 0 saturated heterocycles. The number of anilines is 3. The number of benzene rings is 3. The lowest BCUT2D eigenvalue weighted by Gasteiger charge is -2.25. The van der Waals surface area contributed by atoms with Crippen LogP contribution >= 0.6 is 56.5 Å². The number of hydrogen-bond donors (Lipinski definition) is 0. The summed E-state index contributed by atoms with van der Waals surface area (Å²) in [5.41, 5.74) is 4.99. The largest absolute Gasteiger partial charge is 0.311 e. The molecule has 0 saturated carbocycles. The Morgan fingerprint density at radius 2 is 1.27 bits per heavy atom. The molecule has 0 aliphatic heterocycles. The van der Waals surface area contributed by atoms with Crippen molar-refractivity contribution in [2.75, 3.05) is 4.90 Å². The van der Waals surface area contributed by atoms with Crippen LogP contribution in [0.25, 0.3) is 16.6 Å². The summed E-state index contributed by atoms with van der Waals surface area (Å²) in [6, 6.07) is 29.4. The number of halogens is 2. The number of rotatable bonds is 5. The summed E-state index contributed by atoms with van der Waals surface area (Å²) in [6.07, 6.45) is 1.95. The van der Waals surface area contributed by atoms with Gasteiger partial charge in [0.1, 0.15) is 0 Å². The maximum absolute atomic E-state index is 7.51. The molecule has 0 radical (unpaired) electrons. The second kappa shape index (κ2) is 9.77. The van der Waals surface area contributed by atoms with E-state index in [1.165, 1.54) is 7.14 Å².